The van der Waals surface area contributed by atoms with Gasteiger partial charge in [-0.05, 0) is 25.0 Å². The van der Waals surface area contributed by atoms with Gasteiger partial charge < -0.3 is 15.2 Å². The fourth-order valence-electron chi connectivity index (χ4n) is 1.86. The highest BCUT2D eigenvalue weighted by atomic mass is 32.2. The van der Waals surface area contributed by atoms with Crippen molar-refractivity contribution < 1.29 is 17.9 Å². The third kappa shape index (κ3) is 2.83. The van der Waals surface area contributed by atoms with E-state index in [4.69, 9.17) is 15.2 Å². The molecule has 1 aromatic rings. The van der Waals surface area contributed by atoms with Crippen LogP contribution in [-0.2, 0) is 10.0 Å². The van der Waals surface area contributed by atoms with Crippen LogP contribution in [-0.4, -0.2) is 34.7 Å². The maximum absolute atomic E-state index is 12.3. The number of rotatable bonds is 5. The third-order valence-corrected chi connectivity index (χ3v) is 4.75. The molecule has 3 N–H and O–H groups in total. The Morgan fingerprint density at radius 2 is 1.79 bits per heavy atom. The van der Waals surface area contributed by atoms with Crippen LogP contribution in [0.3, 0.4) is 0 Å². The van der Waals surface area contributed by atoms with E-state index in [9.17, 15) is 8.42 Å². The molecule has 0 saturated heterocycles. The number of hydrogen-bond acceptors (Lipinski definition) is 5. The minimum atomic E-state index is -3.58. The fraction of sp³-hybridized carbons (Fsp3) is 0.500. The number of methoxy groups -OCH3 is 2. The van der Waals surface area contributed by atoms with Gasteiger partial charge in [0.1, 0.15) is 0 Å². The summed E-state index contributed by atoms with van der Waals surface area (Å²) in [7, 11) is -0.611. The molecular formula is C12H18N2O4S. The number of nitrogens with two attached hydrogens (primary N) is 1. The lowest BCUT2D eigenvalue weighted by Gasteiger charge is -2.13. The molecule has 1 aromatic carbocycles. The summed E-state index contributed by atoms with van der Waals surface area (Å²) < 4.78 is 37.3. The van der Waals surface area contributed by atoms with E-state index in [1.807, 2.05) is 0 Å². The highest BCUT2D eigenvalue weighted by Crippen LogP contribution is 2.33. The van der Waals surface area contributed by atoms with Gasteiger partial charge in [0.05, 0.1) is 19.1 Å². The van der Waals surface area contributed by atoms with Crippen LogP contribution in [0, 0.1) is 6.92 Å². The zero-order valence-electron chi connectivity index (χ0n) is 11.1. The summed E-state index contributed by atoms with van der Waals surface area (Å²) in [6.45, 7) is 1.71. The van der Waals surface area contributed by atoms with Crippen LogP contribution >= 0.6 is 0 Å². The Balaban J connectivity index is 2.38. The summed E-state index contributed by atoms with van der Waals surface area (Å²) in [5, 5.41) is 0. The minimum absolute atomic E-state index is 0.0878. The van der Waals surface area contributed by atoms with Crippen LogP contribution in [0.5, 0.6) is 11.5 Å². The first-order chi connectivity index (χ1) is 8.89. The minimum Gasteiger partial charge on any atom is -0.493 e. The molecule has 0 aliphatic heterocycles. The van der Waals surface area contributed by atoms with E-state index in [-0.39, 0.29) is 17.0 Å². The van der Waals surface area contributed by atoms with Gasteiger partial charge in [-0.2, -0.15) is 0 Å². The van der Waals surface area contributed by atoms with E-state index in [1.54, 1.807) is 13.0 Å². The van der Waals surface area contributed by atoms with Crippen LogP contribution in [0.15, 0.2) is 17.0 Å². The van der Waals surface area contributed by atoms with Crippen LogP contribution in [0.2, 0.25) is 0 Å². The molecule has 2 atom stereocenters. The number of aryl methyl sites for hydroxylation is 1. The molecule has 19 heavy (non-hydrogen) atoms. The Morgan fingerprint density at radius 1 is 1.26 bits per heavy atom. The van der Waals surface area contributed by atoms with Gasteiger partial charge in [0, 0.05) is 18.2 Å². The van der Waals surface area contributed by atoms with Gasteiger partial charge in [-0.3, -0.25) is 0 Å². The lowest BCUT2D eigenvalue weighted by Crippen LogP contribution is -2.30. The van der Waals surface area contributed by atoms with Crippen LogP contribution < -0.4 is 19.9 Å². The van der Waals surface area contributed by atoms with Crippen molar-refractivity contribution in [2.75, 3.05) is 14.2 Å². The van der Waals surface area contributed by atoms with Crippen LogP contribution in [0.25, 0.3) is 0 Å². The number of benzene rings is 1. The van der Waals surface area contributed by atoms with Gasteiger partial charge in [-0.15, -0.1) is 0 Å². The van der Waals surface area contributed by atoms with Crippen LogP contribution in [0.4, 0.5) is 0 Å². The zero-order valence-corrected chi connectivity index (χ0v) is 12.0. The Hall–Kier alpha value is -1.31. The van der Waals surface area contributed by atoms with Crippen molar-refractivity contribution in [2.24, 2.45) is 5.73 Å². The van der Waals surface area contributed by atoms with Gasteiger partial charge >= 0.3 is 0 Å². The summed E-state index contributed by atoms with van der Waals surface area (Å²) >= 11 is 0. The predicted molar refractivity (Wildman–Crippen MR) is 71.0 cm³/mol. The second kappa shape index (κ2) is 4.99. The number of nitrogens with one attached hydrogen (secondary N) is 1. The molecule has 2 unspecified atom stereocenters. The highest BCUT2D eigenvalue weighted by Gasteiger charge is 2.37. The van der Waals surface area contributed by atoms with E-state index in [1.165, 1.54) is 20.3 Å². The van der Waals surface area contributed by atoms with Crippen molar-refractivity contribution in [1.82, 2.24) is 4.72 Å². The predicted octanol–water partition coefficient (Wildman–Crippen LogP) is 0.390. The molecule has 106 valence electrons. The second-order valence-electron chi connectivity index (χ2n) is 4.60. The lowest BCUT2D eigenvalue weighted by molar-refractivity contribution is 0.353. The molecule has 0 heterocycles. The average Bonchev–Trinajstić information content (AvgIpc) is 3.03. The Kier molecular flexibility index (Phi) is 3.71. The van der Waals surface area contributed by atoms with E-state index in [2.05, 4.69) is 4.72 Å². The fourth-order valence-corrected chi connectivity index (χ4v) is 3.41. The van der Waals surface area contributed by atoms with Crippen LogP contribution in [0.1, 0.15) is 12.0 Å². The first-order valence-corrected chi connectivity index (χ1v) is 7.38. The average molecular weight is 286 g/mol. The summed E-state index contributed by atoms with van der Waals surface area (Å²) in [5.41, 5.74) is 6.22. The van der Waals surface area contributed by atoms with Crippen molar-refractivity contribution in [3.8, 4) is 11.5 Å². The zero-order chi connectivity index (χ0) is 14.2. The molecule has 2 rings (SSSR count). The quantitative estimate of drug-likeness (QED) is 0.817. The smallest absolute Gasteiger partial charge is 0.241 e. The number of ether oxygens (including phenoxy) is 2. The largest absolute Gasteiger partial charge is 0.493 e. The second-order valence-corrected chi connectivity index (χ2v) is 6.28. The molecule has 1 aliphatic rings. The van der Waals surface area contributed by atoms with Crippen molar-refractivity contribution in [3.05, 3.63) is 17.7 Å². The highest BCUT2D eigenvalue weighted by molar-refractivity contribution is 7.89. The van der Waals surface area contributed by atoms with Crippen molar-refractivity contribution in [1.29, 1.82) is 0 Å². The molecule has 0 aromatic heterocycles. The van der Waals surface area contributed by atoms with Gasteiger partial charge in [-0.1, -0.05) is 0 Å². The number of hydrogen-bond donors (Lipinski definition) is 2. The molecule has 0 radical (unpaired) electrons. The summed E-state index contributed by atoms with van der Waals surface area (Å²) in [6.07, 6.45) is 0.672. The topological polar surface area (TPSA) is 90.7 Å². The molecule has 0 amide bonds. The monoisotopic (exact) mass is 286 g/mol. The first kappa shape index (κ1) is 14.1. The molecule has 0 spiro atoms. The van der Waals surface area contributed by atoms with E-state index in [0.29, 0.717) is 23.5 Å². The van der Waals surface area contributed by atoms with Crippen molar-refractivity contribution in [2.45, 2.75) is 30.3 Å². The molecule has 0 bridgehead atoms. The molecule has 7 heteroatoms. The molecule has 1 saturated carbocycles. The first-order valence-electron chi connectivity index (χ1n) is 5.89. The summed E-state index contributed by atoms with van der Waals surface area (Å²) in [6, 6.07) is 2.85. The SMILES string of the molecule is COc1cc(C)c(S(=O)(=O)NC2CC2N)cc1OC. The Morgan fingerprint density at radius 3 is 2.26 bits per heavy atom. The molecule has 1 fully saturated rings. The Labute approximate surface area is 112 Å². The normalized spacial score (nSPS) is 22.1. The summed E-state index contributed by atoms with van der Waals surface area (Å²) in [4.78, 5) is 0.184. The Bertz CT molecular complexity index is 586. The third-order valence-electron chi connectivity index (χ3n) is 3.12. The maximum atomic E-state index is 12.3. The standard InChI is InChI=1S/C12H18N2O4S/c1-7-4-10(17-2)11(18-3)6-12(7)19(15,16)14-9-5-8(9)13/h4,6,8-9,14H,5,13H2,1-3H3. The van der Waals surface area contributed by atoms with Gasteiger partial charge in [0.25, 0.3) is 0 Å². The van der Waals surface area contributed by atoms with Crippen molar-refractivity contribution in [3.63, 3.8) is 0 Å². The van der Waals surface area contributed by atoms with Gasteiger partial charge in [0.2, 0.25) is 10.0 Å². The molecular weight excluding hydrogens is 268 g/mol. The van der Waals surface area contributed by atoms with E-state index in [0.717, 1.165) is 0 Å². The van der Waals surface area contributed by atoms with Crippen molar-refractivity contribution >= 4 is 10.0 Å². The number of sulfonamides is 1. The van der Waals surface area contributed by atoms with E-state index < -0.39 is 10.0 Å². The van der Waals surface area contributed by atoms with E-state index >= 15 is 0 Å². The maximum Gasteiger partial charge on any atom is 0.241 e. The lowest BCUT2D eigenvalue weighted by atomic mass is 10.2. The molecule has 1 aliphatic carbocycles. The van der Waals surface area contributed by atoms with Gasteiger partial charge in [0.15, 0.2) is 11.5 Å². The summed E-state index contributed by atoms with van der Waals surface area (Å²) in [5.74, 6) is 0.885. The van der Waals surface area contributed by atoms with Gasteiger partial charge in [-0.25, -0.2) is 13.1 Å². The molecule has 6 nitrogen and oxygen atoms in total.